The van der Waals surface area contributed by atoms with Gasteiger partial charge in [0.15, 0.2) is 0 Å². The molecular weight excluding hydrogens is 438 g/mol. The van der Waals surface area contributed by atoms with Gasteiger partial charge in [-0.25, -0.2) is 0 Å². The lowest BCUT2D eigenvalue weighted by atomic mass is 9.85. The maximum Gasteiger partial charge on any atom is 0.269 e. The van der Waals surface area contributed by atoms with E-state index in [1.54, 1.807) is 42.5 Å². The molecule has 31 heavy (non-hydrogen) atoms. The first-order chi connectivity index (χ1) is 14.9. The van der Waals surface area contributed by atoms with E-state index >= 15 is 0 Å². The largest absolute Gasteiger partial charge is 0.507 e. The van der Waals surface area contributed by atoms with E-state index in [4.69, 9.17) is 11.6 Å². The Labute approximate surface area is 186 Å². The minimum atomic E-state index is -0.805. The lowest BCUT2D eigenvalue weighted by Gasteiger charge is -2.24. The van der Waals surface area contributed by atoms with Crippen LogP contribution in [0, 0.1) is 10.1 Å². The third-order valence-corrected chi connectivity index (χ3v) is 6.41. The van der Waals surface area contributed by atoms with E-state index < -0.39 is 21.7 Å². The van der Waals surface area contributed by atoms with Gasteiger partial charge in [-0.1, -0.05) is 48.0 Å². The summed E-state index contributed by atoms with van der Waals surface area (Å²) in [4.78, 5) is 37.0. The van der Waals surface area contributed by atoms with E-state index in [0.717, 1.165) is 4.90 Å². The van der Waals surface area contributed by atoms with Gasteiger partial charge in [0.2, 0.25) is 11.6 Å². The second-order valence-corrected chi connectivity index (χ2v) is 8.38. The summed E-state index contributed by atoms with van der Waals surface area (Å²) < 4.78 is 0. The van der Waals surface area contributed by atoms with Crippen molar-refractivity contribution >= 4 is 46.4 Å². The van der Waals surface area contributed by atoms with Crippen molar-refractivity contribution in [1.82, 2.24) is 0 Å². The Bertz CT molecular complexity index is 1240. The number of aliphatic hydroxyl groups is 1. The van der Waals surface area contributed by atoms with Gasteiger partial charge in [0, 0.05) is 33.2 Å². The molecule has 6 nitrogen and oxygen atoms in total. The highest BCUT2D eigenvalue weighted by Crippen LogP contribution is 2.45. The zero-order valence-corrected chi connectivity index (χ0v) is 17.4. The van der Waals surface area contributed by atoms with Gasteiger partial charge in [0.25, 0.3) is 5.69 Å². The molecule has 0 radical (unpaired) electrons. The number of thioether (sulfide) groups is 1. The lowest BCUT2D eigenvalue weighted by molar-refractivity contribution is -0.384. The van der Waals surface area contributed by atoms with E-state index in [-0.39, 0.29) is 28.1 Å². The third-order valence-electron chi connectivity index (χ3n) is 4.87. The minimum absolute atomic E-state index is 0.0579. The van der Waals surface area contributed by atoms with Crippen molar-refractivity contribution in [3.05, 3.63) is 110 Å². The molecule has 8 heteroatoms. The second kappa shape index (κ2) is 8.37. The summed E-state index contributed by atoms with van der Waals surface area (Å²) in [7, 11) is 0. The summed E-state index contributed by atoms with van der Waals surface area (Å²) in [5.41, 5.74) is 0.803. The number of hydrogen-bond acceptors (Lipinski definition) is 6. The molecule has 0 bridgehead atoms. The van der Waals surface area contributed by atoms with Gasteiger partial charge in [-0.2, -0.15) is 0 Å². The van der Waals surface area contributed by atoms with Crippen LogP contribution in [-0.2, 0) is 4.79 Å². The van der Waals surface area contributed by atoms with Crippen LogP contribution in [0.2, 0.25) is 5.02 Å². The Morgan fingerprint density at radius 2 is 1.48 bits per heavy atom. The molecule has 3 aromatic rings. The highest BCUT2D eigenvalue weighted by atomic mass is 35.5. The SMILES string of the molecule is O=C1C(=O)c2ccccc2C(O)=C1C(Sc1ccc(Cl)cc1)c1ccc([N+](=O)[O-])cc1. The number of non-ortho nitro benzene ring substituents is 1. The second-order valence-electron chi connectivity index (χ2n) is 6.77. The van der Waals surface area contributed by atoms with Crippen LogP contribution in [0.1, 0.15) is 26.7 Å². The van der Waals surface area contributed by atoms with Gasteiger partial charge in [-0.3, -0.25) is 19.7 Å². The number of benzene rings is 3. The summed E-state index contributed by atoms with van der Waals surface area (Å²) in [5, 5.41) is 21.8. The number of ketones is 2. The van der Waals surface area contributed by atoms with Crippen molar-refractivity contribution in [2.24, 2.45) is 0 Å². The zero-order valence-electron chi connectivity index (χ0n) is 15.8. The van der Waals surface area contributed by atoms with E-state index in [2.05, 4.69) is 0 Å². The van der Waals surface area contributed by atoms with Gasteiger partial charge < -0.3 is 5.11 Å². The van der Waals surface area contributed by atoms with E-state index in [9.17, 15) is 24.8 Å². The molecule has 1 aliphatic carbocycles. The first-order valence-corrected chi connectivity index (χ1v) is 10.4. The topological polar surface area (TPSA) is 97.5 Å². The first-order valence-electron chi connectivity index (χ1n) is 9.15. The molecule has 154 valence electrons. The number of hydrogen-bond donors (Lipinski definition) is 1. The average molecular weight is 452 g/mol. The summed E-state index contributed by atoms with van der Waals surface area (Å²) >= 11 is 7.20. The predicted octanol–water partition coefficient (Wildman–Crippen LogP) is 5.82. The molecule has 1 atom stereocenters. The maximum atomic E-state index is 13.0. The molecule has 4 rings (SSSR count). The van der Waals surface area contributed by atoms with Gasteiger partial charge in [0.05, 0.1) is 15.7 Å². The molecule has 0 saturated heterocycles. The van der Waals surface area contributed by atoms with E-state index in [1.807, 2.05) is 0 Å². The molecular formula is C23H14ClNO5S. The number of nitro benzene ring substituents is 1. The Balaban J connectivity index is 1.87. The normalized spacial score (nSPS) is 14.4. The van der Waals surface area contributed by atoms with Crippen molar-refractivity contribution in [3.8, 4) is 0 Å². The Kier molecular flexibility index (Phi) is 5.63. The van der Waals surface area contributed by atoms with Crippen molar-refractivity contribution in [2.45, 2.75) is 10.1 Å². The van der Waals surface area contributed by atoms with Gasteiger partial charge >= 0.3 is 0 Å². The average Bonchev–Trinajstić information content (AvgIpc) is 2.78. The highest BCUT2D eigenvalue weighted by molar-refractivity contribution is 7.99. The zero-order chi connectivity index (χ0) is 22.1. The van der Waals surface area contributed by atoms with E-state index in [1.165, 1.54) is 42.1 Å². The van der Waals surface area contributed by atoms with Crippen LogP contribution in [0.4, 0.5) is 5.69 Å². The summed E-state index contributed by atoms with van der Waals surface area (Å²) in [6.07, 6.45) is 0. The standard InChI is InChI=1S/C23H14ClNO5S/c24-14-7-11-16(12-8-14)31-23(13-5-9-15(10-6-13)25(29)30)19-20(26)17-3-1-2-4-18(17)21(27)22(19)28/h1-12,23,26H. The van der Waals surface area contributed by atoms with E-state index in [0.29, 0.717) is 10.6 Å². The van der Waals surface area contributed by atoms with Gasteiger partial charge in [-0.15, -0.1) is 11.8 Å². The quantitative estimate of drug-likeness (QED) is 0.227. The summed E-state index contributed by atoms with van der Waals surface area (Å²) in [6, 6.07) is 18.9. The minimum Gasteiger partial charge on any atom is -0.507 e. The van der Waals surface area contributed by atoms with Crippen LogP contribution in [-0.4, -0.2) is 21.6 Å². The van der Waals surface area contributed by atoms with Crippen molar-refractivity contribution in [3.63, 3.8) is 0 Å². The van der Waals surface area contributed by atoms with Crippen LogP contribution in [0.5, 0.6) is 0 Å². The Morgan fingerprint density at radius 3 is 2.10 bits per heavy atom. The molecule has 0 heterocycles. The molecule has 1 aliphatic rings. The van der Waals surface area contributed by atoms with Crippen LogP contribution < -0.4 is 0 Å². The number of rotatable bonds is 5. The molecule has 0 fully saturated rings. The number of carbonyl (C=O) groups excluding carboxylic acids is 2. The van der Waals surface area contributed by atoms with Crippen molar-refractivity contribution < 1.29 is 19.6 Å². The molecule has 1 N–H and O–H groups in total. The number of Topliss-reactive ketones (excluding diaryl/α,β-unsaturated/α-hetero) is 2. The molecule has 1 unspecified atom stereocenters. The third kappa shape index (κ3) is 3.97. The highest BCUT2D eigenvalue weighted by Gasteiger charge is 2.38. The molecule has 0 aliphatic heterocycles. The first kappa shape index (κ1) is 20.8. The summed E-state index contributed by atoms with van der Waals surface area (Å²) in [5.74, 6) is -1.78. The summed E-state index contributed by atoms with van der Waals surface area (Å²) in [6.45, 7) is 0. The van der Waals surface area contributed by atoms with Crippen molar-refractivity contribution in [2.75, 3.05) is 0 Å². The van der Waals surface area contributed by atoms with Crippen LogP contribution in [0.15, 0.2) is 83.3 Å². The van der Waals surface area contributed by atoms with Gasteiger partial charge in [0.1, 0.15) is 5.76 Å². The fourth-order valence-electron chi connectivity index (χ4n) is 3.34. The number of fused-ring (bicyclic) bond motifs is 1. The monoisotopic (exact) mass is 451 g/mol. The van der Waals surface area contributed by atoms with Gasteiger partial charge in [-0.05, 0) is 29.8 Å². The number of aliphatic hydroxyl groups excluding tert-OH is 1. The van der Waals surface area contributed by atoms with Crippen molar-refractivity contribution in [1.29, 1.82) is 0 Å². The molecule has 0 amide bonds. The Morgan fingerprint density at radius 1 is 0.871 bits per heavy atom. The smallest absolute Gasteiger partial charge is 0.269 e. The fourth-order valence-corrected chi connectivity index (χ4v) is 4.66. The predicted molar refractivity (Wildman–Crippen MR) is 118 cm³/mol. The fraction of sp³-hybridized carbons (Fsp3) is 0.0435. The maximum absolute atomic E-state index is 13.0. The van der Waals surface area contributed by atoms with Crippen LogP contribution in [0.25, 0.3) is 5.76 Å². The number of nitro groups is 1. The Hall–Kier alpha value is -3.42. The lowest BCUT2D eigenvalue weighted by Crippen LogP contribution is -2.26. The molecule has 0 aromatic heterocycles. The number of nitrogens with zero attached hydrogens (tertiary/aromatic N) is 1. The molecule has 3 aromatic carbocycles. The number of carbonyl (C=O) groups is 2. The molecule has 0 spiro atoms. The van der Waals surface area contributed by atoms with Crippen LogP contribution in [0.3, 0.4) is 0 Å². The molecule has 0 saturated carbocycles. The number of halogens is 1. The van der Waals surface area contributed by atoms with Crippen LogP contribution >= 0.6 is 23.4 Å².